The zero-order chi connectivity index (χ0) is 23.5. The largest absolute Gasteiger partial charge is 0.419 e. The molecule has 2 heterocycles. The summed E-state index contributed by atoms with van der Waals surface area (Å²) in [6.45, 7) is 1.28. The van der Waals surface area contributed by atoms with Crippen LogP contribution in [0.4, 0.5) is 10.3 Å². The predicted octanol–water partition coefficient (Wildman–Crippen LogP) is 5.77. The van der Waals surface area contributed by atoms with E-state index in [0.29, 0.717) is 19.0 Å². The molecular weight excluding hydrogens is 451 g/mol. The summed E-state index contributed by atoms with van der Waals surface area (Å²) in [5.41, 5.74) is 1.44. The number of hydrogen-bond donors (Lipinski definition) is 0. The third kappa shape index (κ3) is 4.48. The highest BCUT2D eigenvalue weighted by molar-refractivity contribution is 7.91. The molecule has 0 amide bonds. The van der Waals surface area contributed by atoms with E-state index in [0.717, 1.165) is 19.3 Å². The third-order valence-electron chi connectivity index (χ3n) is 6.26. The van der Waals surface area contributed by atoms with Crippen LogP contribution in [0.2, 0.25) is 0 Å². The summed E-state index contributed by atoms with van der Waals surface area (Å²) in [5.74, 6) is 0.136. The van der Waals surface area contributed by atoms with Crippen LogP contribution in [-0.4, -0.2) is 26.5 Å². The standard InChI is InChI=1S/C27H25FN2O3S/c28-24-14-8-7-13-23(24)25-29-26(34(31,32)22-11-5-2-6-12-22)27(33-25)30-17-15-21(16-18-30)19-20-9-3-1-4-10-20/h1-14,21H,15-19H2. The molecule has 0 aliphatic carbocycles. The van der Waals surface area contributed by atoms with Gasteiger partial charge in [0, 0.05) is 13.1 Å². The van der Waals surface area contributed by atoms with E-state index in [1.165, 1.54) is 29.8 Å². The van der Waals surface area contributed by atoms with Crippen molar-refractivity contribution < 1.29 is 17.2 Å². The van der Waals surface area contributed by atoms with Gasteiger partial charge in [-0.25, -0.2) is 12.8 Å². The van der Waals surface area contributed by atoms with Crippen LogP contribution in [0.5, 0.6) is 0 Å². The van der Waals surface area contributed by atoms with Crippen LogP contribution < -0.4 is 4.90 Å². The highest BCUT2D eigenvalue weighted by atomic mass is 32.2. The molecule has 0 unspecified atom stereocenters. The molecule has 5 nitrogen and oxygen atoms in total. The summed E-state index contributed by atoms with van der Waals surface area (Å²) < 4.78 is 47.4. The van der Waals surface area contributed by atoms with E-state index in [1.807, 2.05) is 23.1 Å². The van der Waals surface area contributed by atoms with E-state index in [2.05, 4.69) is 17.1 Å². The first-order valence-electron chi connectivity index (χ1n) is 11.4. The zero-order valence-corrected chi connectivity index (χ0v) is 19.4. The van der Waals surface area contributed by atoms with Crippen LogP contribution in [-0.2, 0) is 16.3 Å². The van der Waals surface area contributed by atoms with Gasteiger partial charge in [-0.3, -0.25) is 0 Å². The van der Waals surface area contributed by atoms with Crippen LogP contribution >= 0.6 is 0 Å². The van der Waals surface area contributed by atoms with Crippen LogP contribution in [0.1, 0.15) is 18.4 Å². The summed E-state index contributed by atoms with van der Waals surface area (Å²) in [7, 11) is -3.95. The molecule has 3 aromatic carbocycles. The number of piperidine rings is 1. The third-order valence-corrected chi connectivity index (χ3v) is 7.93. The molecule has 1 aromatic heterocycles. The molecule has 0 radical (unpaired) electrons. The van der Waals surface area contributed by atoms with Gasteiger partial charge in [-0.05, 0) is 55.0 Å². The second-order valence-electron chi connectivity index (χ2n) is 8.55. The highest BCUT2D eigenvalue weighted by Gasteiger charge is 2.33. The minimum absolute atomic E-state index is 0.0333. The van der Waals surface area contributed by atoms with Crippen molar-refractivity contribution in [1.82, 2.24) is 4.98 Å². The fourth-order valence-electron chi connectivity index (χ4n) is 4.42. The van der Waals surface area contributed by atoms with E-state index in [9.17, 15) is 12.8 Å². The van der Waals surface area contributed by atoms with Gasteiger partial charge in [-0.1, -0.05) is 60.7 Å². The average molecular weight is 477 g/mol. The molecule has 1 fully saturated rings. The second kappa shape index (κ2) is 9.43. The van der Waals surface area contributed by atoms with Crippen molar-refractivity contribution in [2.24, 2.45) is 5.92 Å². The van der Waals surface area contributed by atoms with Gasteiger partial charge in [-0.15, -0.1) is 0 Å². The Bertz CT molecular complexity index is 1360. The first-order valence-corrected chi connectivity index (χ1v) is 12.9. The zero-order valence-electron chi connectivity index (χ0n) is 18.6. The molecular formula is C27H25FN2O3S. The number of aromatic nitrogens is 1. The maximum Gasteiger partial charge on any atom is 0.236 e. The maximum atomic E-state index is 14.5. The number of hydrogen-bond acceptors (Lipinski definition) is 5. The lowest BCUT2D eigenvalue weighted by atomic mass is 9.90. The normalized spacial score (nSPS) is 14.9. The lowest BCUT2D eigenvalue weighted by Crippen LogP contribution is -2.34. The second-order valence-corrected chi connectivity index (χ2v) is 10.4. The molecule has 0 saturated carbocycles. The number of sulfone groups is 1. The lowest BCUT2D eigenvalue weighted by Gasteiger charge is -2.32. The summed E-state index contributed by atoms with van der Waals surface area (Å²) in [4.78, 5) is 6.37. The number of oxazole rings is 1. The number of benzene rings is 3. The first-order chi connectivity index (χ1) is 16.5. The Kier molecular flexibility index (Phi) is 6.20. The molecule has 0 N–H and O–H groups in total. The number of halogens is 1. The van der Waals surface area contributed by atoms with Crippen molar-refractivity contribution in [1.29, 1.82) is 0 Å². The Labute approximate surface area is 198 Å². The summed E-state index contributed by atoms with van der Waals surface area (Å²) in [6.07, 6.45) is 2.78. The van der Waals surface area contributed by atoms with Gasteiger partial charge >= 0.3 is 0 Å². The van der Waals surface area contributed by atoms with Crippen LogP contribution in [0.25, 0.3) is 11.5 Å². The Morgan fingerprint density at radius 1 is 0.882 bits per heavy atom. The average Bonchev–Trinajstić information content (AvgIpc) is 3.32. The Morgan fingerprint density at radius 2 is 1.50 bits per heavy atom. The van der Waals surface area contributed by atoms with Gasteiger partial charge in [0.15, 0.2) is 0 Å². The minimum atomic E-state index is -3.95. The van der Waals surface area contributed by atoms with Crippen molar-refractivity contribution in [2.45, 2.75) is 29.2 Å². The van der Waals surface area contributed by atoms with Gasteiger partial charge in [0.2, 0.25) is 26.6 Å². The SMILES string of the molecule is O=S(=O)(c1ccccc1)c1nc(-c2ccccc2F)oc1N1CCC(Cc2ccccc2)CC1. The summed E-state index contributed by atoms with van der Waals surface area (Å²) in [5, 5.41) is -0.168. The predicted molar refractivity (Wildman–Crippen MR) is 129 cm³/mol. The molecule has 1 aliphatic heterocycles. The first kappa shape index (κ1) is 22.3. The van der Waals surface area contributed by atoms with Crippen molar-refractivity contribution >= 4 is 15.7 Å². The Balaban J connectivity index is 1.47. The number of anilines is 1. The van der Waals surface area contributed by atoms with Gasteiger partial charge in [-0.2, -0.15) is 4.98 Å². The summed E-state index contributed by atoms with van der Waals surface area (Å²) in [6, 6.07) is 24.6. The van der Waals surface area contributed by atoms with Crippen LogP contribution in [0.15, 0.2) is 99.3 Å². The van der Waals surface area contributed by atoms with Gasteiger partial charge < -0.3 is 9.32 Å². The molecule has 0 spiro atoms. The topological polar surface area (TPSA) is 63.4 Å². The number of nitrogens with zero attached hydrogens (tertiary/aromatic N) is 2. The summed E-state index contributed by atoms with van der Waals surface area (Å²) >= 11 is 0. The van der Waals surface area contributed by atoms with E-state index in [4.69, 9.17) is 4.42 Å². The molecule has 1 aliphatic rings. The van der Waals surface area contributed by atoms with Crippen molar-refractivity contribution in [3.63, 3.8) is 0 Å². The molecule has 1 saturated heterocycles. The monoisotopic (exact) mass is 476 g/mol. The van der Waals surface area contributed by atoms with Gasteiger partial charge in [0.05, 0.1) is 10.5 Å². The fraction of sp³-hybridized carbons (Fsp3) is 0.222. The van der Waals surface area contributed by atoms with Crippen molar-refractivity contribution in [2.75, 3.05) is 18.0 Å². The highest BCUT2D eigenvalue weighted by Crippen LogP contribution is 2.37. The minimum Gasteiger partial charge on any atom is -0.419 e. The van der Waals surface area contributed by atoms with E-state index in [1.54, 1.807) is 30.3 Å². The quantitative estimate of drug-likeness (QED) is 0.353. The van der Waals surface area contributed by atoms with E-state index >= 15 is 0 Å². The molecule has 5 rings (SSSR count). The molecule has 4 aromatic rings. The maximum absolute atomic E-state index is 14.5. The van der Waals surface area contributed by atoms with E-state index in [-0.39, 0.29) is 27.3 Å². The van der Waals surface area contributed by atoms with Crippen molar-refractivity contribution in [3.8, 4) is 11.5 Å². The Hall–Kier alpha value is -3.45. The number of rotatable bonds is 6. The lowest BCUT2D eigenvalue weighted by molar-refractivity contribution is 0.387. The van der Waals surface area contributed by atoms with E-state index < -0.39 is 15.7 Å². The van der Waals surface area contributed by atoms with Gasteiger partial charge in [0.1, 0.15) is 5.82 Å². The Morgan fingerprint density at radius 3 is 2.18 bits per heavy atom. The van der Waals surface area contributed by atoms with Gasteiger partial charge in [0.25, 0.3) is 0 Å². The van der Waals surface area contributed by atoms with Crippen molar-refractivity contribution in [3.05, 3.63) is 96.3 Å². The molecule has 0 atom stereocenters. The van der Waals surface area contributed by atoms with Crippen LogP contribution in [0, 0.1) is 11.7 Å². The molecule has 174 valence electrons. The molecule has 34 heavy (non-hydrogen) atoms. The van der Waals surface area contributed by atoms with Crippen LogP contribution in [0.3, 0.4) is 0 Å². The fourth-order valence-corrected chi connectivity index (χ4v) is 5.76. The molecule has 7 heteroatoms. The molecule has 0 bridgehead atoms. The smallest absolute Gasteiger partial charge is 0.236 e.